The average Bonchev–Trinajstić information content (AvgIpc) is 2.57. The van der Waals surface area contributed by atoms with Crippen molar-refractivity contribution < 1.29 is 13.8 Å². The topological polar surface area (TPSA) is 55.3 Å². The molecule has 1 fully saturated rings. The molecule has 2 heterocycles. The Balaban J connectivity index is 2.20. The number of pyridine rings is 1. The van der Waals surface area contributed by atoms with Crippen molar-refractivity contribution in [3.8, 4) is 0 Å². The molecule has 1 aliphatic heterocycles. The van der Waals surface area contributed by atoms with Gasteiger partial charge in [-0.15, -0.1) is 0 Å². The normalized spacial score (nSPS) is 20.5. The maximum atomic E-state index is 13.6. The van der Waals surface area contributed by atoms with Crippen LogP contribution in [0.1, 0.15) is 17.5 Å². The van der Waals surface area contributed by atoms with Crippen molar-refractivity contribution in [2.24, 2.45) is 0 Å². The van der Waals surface area contributed by atoms with Crippen LogP contribution in [0.25, 0.3) is 5.41 Å². The van der Waals surface area contributed by atoms with Gasteiger partial charge in [-0.2, -0.15) is 4.57 Å². The summed E-state index contributed by atoms with van der Waals surface area (Å²) in [6.07, 6.45) is 3.50. The maximum absolute atomic E-state index is 13.6. The van der Waals surface area contributed by atoms with Crippen molar-refractivity contribution in [2.45, 2.75) is 12.0 Å². The lowest BCUT2D eigenvalue weighted by molar-refractivity contribution is -0.711. The minimum Gasteiger partial charge on any atom is -0.763 e. The molecule has 0 saturated carbocycles. The van der Waals surface area contributed by atoms with Gasteiger partial charge in [-0.1, -0.05) is 24.4 Å². The van der Waals surface area contributed by atoms with E-state index in [2.05, 4.69) is 27.1 Å². The molecule has 2 atom stereocenters. The Bertz CT molecular complexity index is 881. The minimum absolute atomic E-state index is 0.112. The van der Waals surface area contributed by atoms with Gasteiger partial charge >= 0.3 is 0 Å². The first-order valence-corrected chi connectivity index (χ1v) is 8.26. The number of thiocarbonyl (C=S) groups is 1. The van der Waals surface area contributed by atoms with E-state index in [1.54, 1.807) is 41.2 Å². The largest absolute Gasteiger partial charge is 0.763 e. The van der Waals surface area contributed by atoms with Gasteiger partial charge < -0.3 is 10.7 Å². The fourth-order valence-corrected chi connectivity index (χ4v) is 3.45. The van der Waals surface area contributed by atoms with Crippen LogP contribution in [0.4, 0.5) is 4.39 Å². The Hall–Kier alpha value is -2.21. The molecule has 0 aliphatic carbocycles. The number of rotatable bonds is 2. The maximum Gasteiger partial charge on any atom is 0.295 e. The van der Waals surface area contributed by atoms with E-state index >= 15 is 0 Å². The van der Waals surface area contributed by atoms with Crippen molar-refractivity contribution >= 4 is 44.9 Å². The van der Waals surface area contributed by atoms with Crippen molar-refractivity contribution in [1.29, 1.82) is 0 Å². The highest BCUT2D eigenvalue weighted by atomic mass is 79.9. The van der Waals surface area contributed by atoms with Gasteiger partial charge in [0.25, 0.3) is 5.91 Å². The number of hydrogen-bond donors (Lipinski definition) is 1. The molecule has 1 aliphatic rings. The zero-order valence-corrected chi connectivity index (χ0v) is 14.6. The zero-order chi connectivity index (χ0) is 17.3. The van der Waals surface area contributed by atoms with Crippen molar-refractivity contribution in [3.05, 3.63) is 75.6 Å². The van der Waals surface area contributed by atoms with Crippen LogP contribution in [0.15, 0.2) is 58.8 Å². The van der Waals surface area contributed by atoms with Gasteiger partial charge in [0.05, 0.1) is 10.4 Å². The third-order valence-electron chi connectivity index (χ3n) is 3.86. The second-order valence-electron chi connectivity index (χ2n) is 5.26. The second kappa shape index (κ2) is 6.73. The number of hydrogen-bond acceptors (Lipinski definition) is 2. The van der Waals surface area contributed by atoms with Crippen LogP contribution in [0, 0.1) is 5.82 Å². The molecule has 24 heavy (non-hydrogen) atoms. The van der Waals surface area contributed by atoms with Crippen LogP contribution in [0.2, 0.25) is 0 Å². The third kappa shape index (κ3) is 2.94. The van der Waals surface area contributed by atoms with Gasteiger partial charge in [0.1, 0.15) is 10.8 Å². The fraction of sp³-hybridized carbons (Fsp3) is 0.118. The van der Waals surface area contributed by atoms with Gasteiger partial charge in [-0.3, -0.25) is 10.7 Å². The summed E-state index contributed by atoms with van der Waals surface area (Å²) in [5, 5.41) is 12.1. The van der Waals surface area contributed by atoms with E-state index in [-0.39, 0.29) is 20.9 Å². The van der Waals surface area contributed by atoms with Crippen molar-refractivity contribution in [3.63, 3.8) is 0 Å². The Kier molecular flexibility index (Phi) is 4.66. The van der Waals surface area contributed by atoms with Crippen LogP contribution in [-0.4, -0.2) is 16.8 Å². The SMILES string of the molecule is [N-]=C=C1C(=S)NC(=O)[C@H]([n+]2ccccc2)C1c1ccc(F)c(Br)c1. The molecule has 1 unspecified atom stereocenters. The van der Waals surface area contributed by atoms with E-state index in [0.717, 1.165) is 0 Å². The highest BCUT2D eigenvalue weighted by Crippen LogP contribution is 2.36. The molecular formula is C17H11BrFN3OS. The van der Waals surface area contributed by atoms with Gasteiger partial charge in [0.2, 0.25) is 6.04 Å². The molecule has 4 nitrogen and oxygen atoms in total. The highest BCUT2D eigenvalue weighted by molar-refractivity contribution is 9.10. The molecule has 0 bridgehead atoms. The molecule has 1 amide bonds. The summed E-state index contributed by atoms with van der Waals surface area (Å²) in [6.45, 7) is 0. The predicted molar refractivity (Wildman–Crippen MR) is 95.1 cm³/mol. The first kappa shape index (κ1) is 16.6. The number of aromatic nitrogens is 1. The van der Waals surface area contributed by atoms with E-state index in [1.165, 1.54) is 6.07 Å². The first-order chi connectivity index (χ1) is 11.5. The third-order valence-corrected chi connectivity index (χ3v) is 4.79. The first-order valence-electron chi connectivity index (χ1n) is 7.06. The summed E-state index contributed by atoms with van der Waals surface area (Å²) in [6, 6.07) is 9.18. The zero-order valence-electron chi connectivity index (χ0n) is 12.2. The van der Waals surface area contributed by atoms with E-state index in [0.29, 0.717) is 5.56 Å². The molecule has 1 aromatic carbocycles. The van der Waals surface area contributed by atoms with E-state index < -0.39 is 17.8 Å². The Labute approximate surface area is 151 Å². The van der Waals surface area contributed by atoms with Gasteiger partial charge in [0, 0.05) is 17.7 Å². The highest BCUT2D eigenvalue weighted by Gasteiger charge is 2.45. The molecule has 1 N–H and O–H groups in total. The summed E-state index contributed by atoms with van der Waals surface area (Å²) in [5.74, 6) is 0.780. The molecule has 7 heteroatoms. The Morgan fingerprint density at radius 2 is 2.00 bits per heavy atom. The monoisotopic (exact) mass is 403 g/mol. The molecular weight excluding hydrogens is 393 g/mol. The summed E-state index contributed by atoms with van der Waals surface area (Å²) in [4.78, 5) is 12.7. The van der Waals surface area contributed by atoms with Crippen molar-refractivity contribution in [2.75, 3.05) is 0 Å². The smallest absolute Gasteiger partial charge is 0.295 e. The number of carbonyl (C=O) groups excluding carboxylic acids is 1. The minimum atomic E-state index is -0.690. The van der Waals surface area contributed by atoms with Gasteiger partial charge in [0.15, 0.2) is 12.4 Å². The van der Waals surface area contributed by atoms with Crippen LogP contribution in [0.3, 0.4) is 0 Å². The van der Waals surface area contributed by atoms with Crippen molar-refractivity contribution in [1.82, 2.24) is 5.32 Å². The summed E-state index contributed by atoms with van der Waals surface area (Å²) < 4.78 is 15.6. The van der Waals surface area contributed by atoms with Crippen LogP contribution >= 0.6 is 28.1 Å². The number of nitrogens with one attached hydrogen (secondary N) is 1. The van der Waals surface area contributed by atoms with E-state index in [1.807, 2.05) is 6.07 Å². The quantitative estimate of drug-likeness (QED) is 0.362. The molecule has 0 radical (unpaired) electrons. The number of piperidine rings is 1. The fourth-order valence-electron chi connectivity index (χ4n) is 2.78. The lowest BCUT2D eigenvalue weighted by Crippen LogP contribution is -2.56. The molecule has 0 spiro atoms. The predicted octanol–water partition coefficient (Wildman–Crippen LogP) is 2.82. The summed E-state index contributed by atoms with van der Waals surface area (Å²) >= 11 is 8.31. The average molecular weight is 404 g/mol. The molecule has 1 aromatic heterocycles. The van der Waals surface area contributed by atoms with Gasteiger partial charge in [-0.25, -0.2) is 4.39 Å². The second-order valence-corrected chi connectivity index (χ2v) is 6.53. The Morgan fingerprint density at radius 1 is 1.29 bits per heavy atom. The number of carbonyl (C=O) groups is 1. The summed E-state index contributed by atoms with van der Waals surface area (Å²) in [7, 11) is 0. The summed E-state index contributed by atoms with van der Waals surface area (Å²) in [5.41, 5.74) is 0.919. The van der Waals surface area contributed by atoms with Gasteiger partial charge in [-0.05, 0) is 33.6 Å². The molecule has 3 rings (SSSR count). The van der Waals surface area contributed by atoms with Crippen LogP contribution in [0.5, 0.6) is 0 Å². The van der Waals surface area contributed by atoms with Crippen LogP contribution < -0.4 is 9.88 Å². The number of benzene rings is 1. The number of nitrogens with zero attached hydrogens (tertiary/aromatic N) is 2. The standard InChI is InChI=1S/C17H11BrFN3OS/c18-12-8-10(4-5-13(12)19)14-11(9-20)17(24)21-16(23)15(14)22-6-2-1-3-7-22/h1-8,14-15H,(H,21,23,24)/t14?,15-/m1/s1. The molecule has 1 saturated heterocycles. The van der Waals surface area contributed by atoms with E-state index in [4.69, 9.17) is 12.2 Å². The molecule has 120 valence electrons. The lowest BCUT2D eigenvalue weighted by Gasteiger charge is -2.30. The number of amides is 1. The van der Waals surface area contributed by atoms with E-state index in [9.17, 15) is 14.6 Å². The number of halogens is 2. The molecule has 2 aromatic rings. The van der Waals surface area contributed by atoms with Crippen LogP contribution in [-0.2, 0) is 4.79 Å². The Morgan fingerprint density at radius 3 is 2.62 bits per heavy atom. The lowest BCUT2D eigenvalue weighted by atomic mass is 9.82.